The van der Waals surface area contributed by atoms with Gasteiger partial charge in [0.05, 0.1) is 0 Å². The van der Waals surface area contributed by atoms with E-state index in [9.17, 15) is 5.11 Å². The molecule has 0 aliphatic carbocycles. The van der Waals surface area contributed by atoms with Crippen LogP contribution in [0.15, 0.2) is 61.7 Å². The molecular weight excluding hydrogens is 340 g/mol. The van der Waals surface area contributed by atoms with E-state index in [1.165, 1.54) is 16.7 Å². The Labute approximate surface area is 171 Å². The van der Waals surface area contributed by atoms with E-state index in [1.54, 1.807) is 0 Å². The zero-order valence-electron chi connectivity index (χ0n) is 18.5. The minimum atomic E-state index is -0.132. The summed E-state index contributed by atoms with van der Waals surface area (Å²) in [5.41, 5.74) is 5.58. The molecule has 0 amide bonds. The van der Waals surface area contributed by atoms with Crippen molar-refractivity contribution < 1.29 is 5.11 Å². The van der Waals surface area contributed by atoms with Crippen molar-refractivity contribution in [3.63, 3.8) is 0 Å². The van der Waals surface area contributed by atoms with E-state index in [-0.39, 0.29) is 16.7 Å². The van der Waals surface area contributed by atoms with Gasteiger partial charge in [-0.05, 0) is 45.9 Å². The molecule has 0 heterocycles. The molecule has 1 unspecified atom stereocenters. The quantitative estimate of drug-likeness (QED) is 0.520. The van der Waals surface area contributed by atoms with Crippen LogP contribution in [0.25, 0.3) is 0 Å². The Hall–Kier alpha value is -2.28. The van der Waals surface area contributed by atoms with Crippen LogP contribution in [0.4, 0.5) is 0 Å². The third-order valence-electron chi connectivity index (χ3n) is 5.35. The van der Waals surface area contributed by atoms with E-state index in [0.29, 0.717) is 5.75 Å². The standard InChI is InChI=1S/C27H36O/c1-9-11-19-13-15-20(16-14-19)22(12-10-2)23-17-21(26(3,4)5)18-24(25(23)28)27(6,7)8/h9-10,13-18,22,28H,1-2,11-12H2,3-8H3. The molecule has 150 valence electrons. The predicted octanol–water partition coefficient (Wildman–Crippen LogP) is 7.42. The monoisotopic (exact) mass is 376 g/mol. The van der Waals surface area contributed by atoms with Gasteiger partial charge in [0.25, 0.3) is 0 Å². The maximum Gasteiger partial charge on any atom is 0.123 e. The van der Waals surface area contributed by atoms with Crippen molar-refractivity contribution in [1.82, 2.24) is 0 Å². The molecule has 2 aromatic carbocycles. The molecule has 1 heteroatoms. The Morgan fingerprint density at radius 1 is 0.893 bits per heavy atom. The van der Waals surface area contributed by atoms with Crippen LogP contribution in [0.3, 0.4) is 0 Å². The van der Waals surface area contributed by atoms with Crippen LogP contribution in [0.2, 0.25) is 0 Å². The lowest BCUT2D eigenvalue weighted by Crippen LogP contribution is -2.18. The molecule has 0 aromatic heterocycles. The first-order valence-corrected chi connectivity index (χ1v) is 10.2. The number of phenols is 1. The fourth-order valence-corrected chi connectivity index (χ4v) is 3.59. The zero-order valence-corrected chi connectivity index (χ0v) is 18.5. The molecule has 0 spiro atoms. The Bertz CT molecular complexity index is 826. The fraction of sp³-hybridized carbons (Fsp3) is 0.407. The first-order valence-electron chi connectivity index (χ1n) is 10.2. The Kier molecular flexibility index (Phi) is 6.59. The Morgan fingerprint density at radius 2 is 1.50 bits per heavy atom. The largest absolute Gasteiger partial charge is 0.507 e. The summed E-state index contributed by atoms with van der Waals surface area (Å²) in [5.74, 6) is 0.501. The van der Waals surface area contributed by atoms with Gasteiger partial charge in [-0.3, -0.25) is 0 Å². The van der Waals surface area contributed by atoms with Gasteiger partial charge in [0.1, 0.15) is 5.75 Å². The lowest BCUT2D eigenvalue weighted by atomic mass is 9.76. The van der Waals surface area contributed by atoms with Crippen molar-refractivity contribution >= 4 is 0 Å². The summed E-state index contributed by atoms with van der Waals surface area (Å²) >= 11 is 0. The highest BCUT2D eigenvalue weighted by atomic mass is 16.3. The molecule has 1 atom stereocenters. The highest BCUT2D eigenvalue weighted by molar-refractivity contribution is 5.53. The van der Waals surface area contributed by atoms with Crippen LogP contribution in [0.5, 0.6) is 5.75 Å². The van der Waals surface area contributed by atoms with Crippen molar-refractivity contribution in [2.24, 2.45) is 0 Å². The van der Waals surface area contributed by atoms with Crippen molar-refractivity contribution in [3.05, 3.63) is 89.5 Å². The van der Waals surface area contributed by atoms with Gasteiger partial charge in [-0.2, -0.15) is 0 Å². The average molecular weight is 377 g/mol. The van der Waals surface area contributed by atoms with Crippen LogP contribution in [0.1, 0.15) is 81.7 Å². The van der Waals surface area contributed by atoms with E-state index >= 15 is 0 Å². The maximum absolute atomic E-state index is 11.3. The highest BCUT2D eigenvalue weighted by Gasteiger charge is 2.28. The normalized spacial score (nSPS) is 13.2. The van der Waals surface area contributed by atoms with Gasteiger partial charge in [0, 0.05) is 11.5 Å². The van der Waals surface area contributed by atoms with E-state index in [0.717, 1.165) is 24.0 Å². The fourth-order valence-electron chi connectivity index (χ4n) is 3.59. The van der Waals surface area contributed by atoms with Gasteiger partial charge < -0.3 is 5.11 Å². The third-order valence-corrected chi connectivity index (χ3v) is 5.35. The molecule has 1 nitrogen and oxygen atoms in total. The first-order chi connectivity index (χ1) is 13.0. The van der Waals surface area contributed by atoms with Gasteiger partial charge >= 0.3 is 0 Å². The number of hydrogen-bond acceptors (Lipinski definition) is 1. The molecule has 28 heavy (non-hydrogen) atoms. The van der Waals surface area contributed by atoms with Gasteiger partial charge in [0.2, 0.25) is 0 Å². The number of phenolic OH excluding ortho intramolecular Hbond substituents is 1. The van der Waals surface area contributed by atoms with E-state index in [2.05, 4.69) is 91.1 Å². The van der Waals surface area contributed by atoms with E-state index in [4.69, 9.17) is 0 Å². The Morgan fingerprint density at radius 3 is 1.96 bits per heavy atom. The maximum atomic E-state index is 11.3. The second-order valence-electron chi connectivity index (χ2n) is 9.77. The number of benzene rings is 2. The molecule has 0 aliphatic rings. The lowest BCUT2D eigenvalue weighted by molar-refractivity contribution is 0.435. The SMILES string of the molecule is C=CCc1ccc(C(CC=C)c2cc(C(C)(C)C)cc(C(C)(C)C)c2O)cc1. The van der Waals surface area contributed by atoms with E-state index in [1.807, 2.05) is 12.2 Å². The summed E-state index contributed by atoms with van der Waals surface area (Å²) < 4.78 is 0. The topological polar surface area (TPSA) is 20.2 Å². The van der Waals surface area contributed by atoms with Gasteiger partial charge in [0.15, 0.2) is 0 Å². The predicted molar refractivity (Wildman–Crippen MR) is 123 cm³/mol. The number of aromatic hydroxyl groups is 1. The smallest absolute Gasteiger partial charge is 0.123 e. The second kappa shape index (κ2) is 8.39. The van der Waals surface area contributed by atoms with Crippen LogP contribution in [-0.4, -0.2) is 5.11 Å². The van der Waals surface area contributed by atoms with Crippen LogP contribution < -0.4 is 0 Å². The number of hydrogen-bond donors (Lipinski definition) is 1. The first kappa shape index (κ1) is 22.0. The minimum Gasteiger partial charge on any atom is -0.507 e. The van der Waals surface area contributed by atoms with Crippen LogP contribution >= 0.6 is 0 Å². The molecule has 2 aromatic rings. The minimum absolute atomic E-state index is 0.00893. The second-order valence-corrected chi connectivity index (χ2v) is 9.77. The highest BCUT2D eigenvalue weighted by Crippen LogP contribution is 2.43. The summed E-state index contributed by atoms with van der Waals surface area (Å²) in [6, 6.07) is 13.0. The molecule has 2 rings (SSSR count). The van der Waals surface area contributed by atoms with Crippen molar-refractivity contribution in [2.45, 2.75) is 71.1 Å². The van der Waals surface area contributed by atoms with Crippen molar-refractivity contribution in [3.8, 4) is 5.75 Å². The summed E-state index contributed by atoms with van der Waals surface area (Å²) in [5, 5.41) is 11.3. The van der Waals surface area contributed by atoms with Crippen molar-refractivity contribution in [1.29, 1.82) is 0 Å². The number of rotatable bonds is 6. The van der Waals surface area contributed by atoms with Crippen LogP contribution in [0, 0.1) is 0 Å². The Balaban J connectivity index is 2.68. The summed E-state index contributed by atoms with van der Waals surface area (Å²) in [7, 11) is 0. The zero-order chi connectivity index (χ0) is 21.1. The summed E-state index contributed by atoms with van der Waals surface area (Å²) in [6.07, 6.45) is 5.52. The summed E-state index contributed by atoms with van der Waals surface area (Å²) in [6.45, 7) is 20.9. The molecule has 0 saturated heterocycles. The molecule has 0 radical (unpaired) electrons. The number of allylic oxidation sites excluding steroid dienone is 2. The molecule has 1 N–H and O–H groups in total. The van der Waals surface area contributed by atoms with Crippen molar-refractivity contribution in [2.75, 3.05) is 0 Å². The molecule has 0 bridgehead atoms. The summed E-state index contributed by atoms with van der Waals surface area (Å²) in [4.78, 5) is 0. The molecule has 0 aliphatic heterocycles. The van der Waals surface area contributed by atoms with Crippen LogP contribution in [-0.2, 0) is 17.3 Å². The molecule has 0 fully saturated rings. The van der Waals surface area contributed by atoms with Gasteiger partial charge in [-0.25, -0.2) is 0 Å². The van der Waals surface area contributed by atoms with E-state index < -0.39 is 0 Å². The molecule has 0 saturated carbocycles. The van der Waals surface area contributed by atoms with Gasteiger partial charge in [-0.1, -0.05) is 90.1 Å². The lowest BCUT2D eigenvalue weighted by Gasteiger charge is -2.30. The van der Waals surface area contributed by atoms with Gasteiger partial charge in [-0.15, -0.1) is 13.2 Å². The average Bonchev–Trinajstić information content (AvgIpc) is 2.59. The third kappa shape index (κ3) is 4.95. The molecular formula is C27H36O.